The Bertz CT molecular complexity index is 688. The van der Waals surface area contributed by atoms with Gasteiger partial charge in [0, 0.05) is 5.75 Å². The van der Waals surface area contributed by atoms with E-state index >= 15 is 0 Å². The minimum atomic E-state index is 0.618. The predicted molar refractivity (Wildman–Crippen MR) is 86.0 cm³/mol. The molecule has 5 nitrogen and oxygen atoms in total. The zero-order valence-electron chi connectivity index (χ0n) is 12.0. The molecule has 3 aromatic rings. The second-order valence-electron chi connectivity index (χ2n) is 4.61. The van der Waals surface area contributed by atoms with Crippen molar-refractivity contribution in [1.82, 2.24) is 20.2 Å². The van der Waals surface area contributed by atoms with Crippen LogP contribution in [0, 0.1) is 0 Å². The maximum absolute atomic E-state index is 5.66. The van der Waals surface area contributed by atoms with Gasteiger partial charge in [0.05, 0.1) is 13.2 Å². The molecule has 0 spiro atoms. The Balaban J connectivity index is 1.50. The van der Waals surface area contributed by atoms with E-state index in [0.29, 0.717) is 13.2 Å². The largest absolute Gasteiger partial charge is 0.493 e. The van der Waals surface area contributed by atoms with Gasteiger partial charge in [0.2, 0.25) is 5.16 Å². The number of hydrogen-bond acceptors (Lipinski definition) is 5. The van der Waals surface area contributed by atoms with Crippen LogP contribution in [0.4, 0.5) is 0 Å². The first kappa shape index (κ1) is 14.6. The first-order chi connectivity index (χ1) is 10.9. The Morgan fingerprint density at radius 3 is 2.45 bits per heavy atom. The maximum atomic E-state index is 5.66. The van der Waals surface area contributed by atoms with Crippen LogP contribution in [0.1, 0.15) is 5.56 Å². The smallest absolute Gasteiger partial charge is 0.209 e. The monoisotopic (exact) mass is 312 g/mol. The van der Waals surface area contributed by atoms with Gasteiger partial charge in [-0.1, -0.05) is 60.3 Å². The van der Waals surface area contributed by atoms with Crippen molar-refractivity contribution in [3.05, 3.63) is 66.2 Å². The molecule has 0 unspecified atom stereocenters. The van der Waals surface area contributed by atoms with Crippen molar-refractivity contribution in [2.45, 2.75) is 11.7 Å². The summed E-state index contributed by atoms with van der Waals surface area (Å²) in [5, 5.41) is 12.7. The van der Waals surface area contributed by atoms with Gasteiger partial charge in [-0.15, -0.1) is 5.10 Å². The van der Waals surface area contributed by atoms with Crippen LogP contribution in [-0.2, 0) is 6.54 Å². The minimum Gasteiger partial charge on any atom is -0.493 e. The van der Waals surface area contributed by atoms with Gasteiger partial charge in [0.25, 0.3) is 0 Å². The molecule has 0 saturated carbocycles. The second-order valence-corrected chi connectivity index (χ2v) is 5.68. The number of nitrogens with zero attached hydrogens (tertiary/aromatic N) is 4. The summed E-state index contributed by atoms with van der Waals surface area (Å²) in [6.07, 6.45) is 0. The Morgan fingerprint density at radius 1 is 0.955 bits per heavy atom. The topological polar surface area (TPSA) is 52.8 Å². The maximum Gasteiger partial charge on any atom is 0.209 e. The molecular weight excluding hydrogens is 296 g/mol. The van der Waals surface area contributed by atoms with E-state index in [1.807, 2.05) is 53.2 Å². The highest BCUT2D eigenvalue weighted by Crippen LogP contribution is 2.16. The fourth-order valence-electron chi connectivity index (χ4n) is 1.96. The van der Waals surface area contributed by atoms with Gasteiger partial charge in [-0.3, -0.25) is 0 Å². The molecule has 112 valence electrons. The third-order valence-corrected chi connectivity index (χ3v) is 3.92. The van der Waals surface area contributed by atoms with E-state index in [1.54, 1.807) is 11.8 Å². The molecule has 0 bridgehead atoms. The molecule has 0 aliphatic heterocycles. The molecule has 1 aromatic heterocycles. The molecule has 0 atom stereocenters. The quantitative estimate of drug-likeness (QED) is 0.496. The summed E-state index contributed by atoms with van der Waals surface area (Å²) in [5.41, 5.74) is 1.18. The van der Waals surface area contributed by atoms with Gasteiger partial charge in [-0.25, -0.2) is 4.68 Å². The van der Waals surface area contributed by atoms with Crippen molar-refractivity contribution in [2.24, 2.45) is 0 Å². The number of para-hydroxylation sites is 1. The highest BCUT2D eigenvalue weighted by molar-refractivity contribution is 7.99. The summed E-state index contributed by atoms with van der Waals surface area (Å²) in [5.74, 6) is 1.68. The van der Waals surface area contributed by atoms with Crippen LogP contribution in [0.3, 0.4) is 0 Å². The van der Waals surface area contributed by atoms with Crippen LogP contribution in [-0.4, -0.2) is 32.6 Å². The number of rotatable bonds is 7. The van der Waals surface area contributed by atoms with Crippen LogP contribution in [0.15, 0.2) is 65.8 Å². The number of hydrogen-bond donors (Lipinski definition) is 0. The lowest BCUT2D eigenvalue weighted by Gasteiger charge is -2.06. The molecule has 0 aliphatic carbocycles. The number of ether oxygens (including phenoxy) is 1. The summed E-state index contributed by atoms with van der Waals surface area (Å²) in [7, 11) is 0. The molecule has 0 fully saturated rings. The van der Waals surface area contributed by atoms with E-state index in [-0.39, 0.29) is 0 Å². The van der Waals surface area contributed by atoms with Gasteiger partial charge in [0.1, 0.15) is 5.75 Å². The summed E-state index contributed by atoms with van der Waals surface area (Å²) < 4.78 is 7.47. The molecule has 1 heterocycles. The Morgan fingerprint density at radius 2 is 1.68 bits per heavy atom. The van der Waals surface area contributed by atoms with Crippen LogP contribution >= 0.6 is 11.8 Å². The normalized spacial score (nSPS) is 10.5. The molecule has 0 N–H and O–H groups in total. The van der Waals surface area contributed by atoms with Gasteiger partial charge in [0.15, 0.2) is 0 Å². The second kappa shape index (κ2) is 7.61. The molecule has 0 saturated heterocycles. The van der Waals surface area contributed by atoms with Gasteiger partial charge in [-0.2, -0.15) is 0 Å². The summed E-state index contributed by atoms with van der Waals surface area (Å²) in [4.78, 5) is 0. The standard InChI is InChI=1S/C16H16N4OS/c1-3-7-14(8-4-1)13-20-16(17-18-19-20)22-12-11-21-15-9-5-2-6-10-15/h1-10H,11-13H2. The first-order valence-corrected chi connectivity index (χ1v) is 8.01. The van der Waals surface area contributed by atoms with Crippen molar-refractivity contribution in [3.63, 3.8) is 0 Å². The Labute approximate surface area is 133 Å². The molecule has 22 heavy (non-hydrogen) atoms. The number of tetrazole rings is 1. The predicted octanol–water partition coefficient (Wildman–Crippen LogP) is 2.89. The van der Waals surface area contributed by atoms with E-state index in [2.05, 4.69) is 27.7 Å². The van der Waals surface area contributed by atoms with Crippen molar-refractivity contribution in [3.8, 4) is 5.75 Å². The number of aromatic nitrogens is 4. The van der Waals surface area contributed by atoms with E-state index in [0.717, 1.165) is 16.7 Å². The third kappa shape index (κ3) is 4.08. The average Bonchev–Trinajstić information content (AvgIpc) is 3.01. The van der Waals surface area contributed by atoms with Crippen molar-refractivity contribution in [1.29, 1.82) is 0 Å². The average molecular weight is 312 g/mol. The summed E-state index contributed by atoms with van der Waals surface area (Å²) in [6, 6.07) is 19.9. The van der Waals surface area contributed by atoms with Crippen LogP contribution in [0.25, 0.3) is 0 Å². The SMILES string of the molecule is c1ccc(Cn2nnnc2SCCOc2ccccc2)cc1. The number of thioether (sulfide) groups is 1. The number of benzene rings is 2. The van der Waals surface area contributed by atoms with Crippen LogP contribution < -0.4 is 4.74 Å². The van der Waals surface area contributed by atoms with Gasteiger partial charge >= 0.3 is 0 Å². The van der Waals surface area contributed by atoms with Crippen molar-refractivity contribution in [2.75, 3.05) is 12.4 Å². The molecule has 2 aromatic carbocycles. The van der Waals surface area contributed by atoms with E-state index in [1.165, 1.54) is 5.56 Å². The molecule has 0 aliphatic rings. The molecule has 0 amide bonds. The molecule has 0 radical (unpaired) electrons. The van der Waals surface area contributed by atoms with Crippen molar-refractivity contribution < 1.29 is 4.74 Å². The van der Waals surface area contributed by atoms with Gasteiger partial charge < -0.3 is 4.74 Å². The van der Waals surface area contributed by atoms with Crippen LogP contribution in [0.2, 0.25) is 0 Å². The van der Waals surface area contributed by atoms with E-state index in [4.69, 9.17) is 4.74 Å². The fraction of sp³-hybridized carbons (Fsp3) is 0.188. The zero-order valence-corrected chi connectivity index (χ0v) is 12.8. The lowest BCUT2D eigenvalue weighted by Crippen LogP contribution is -2.06. The lowest BCUT2D eigenvalue weighted by molar-refractivity contribution is 0.344. The minimum absolute atomic E-state index is 0.618. The Kier molecular flexibility index (Phi) is 5.04. The highest BCUT2D eigenvalue weighted by Gasteiger charge is 2.07. The fourth-order valence-corrected chi connectivity index (χ4v) is 2.66. The zero-order chi connectivity index (χ0) is 15.0. The molecule has 6 heteroatoms. The highest BCUT2D eigenvalue weighted by atomic mass is 32.2. The molecular formula is C16H16N4OS. The summed E-state index contributed by atoms with van der Waals surface area (Å²) >= 11 is 1.59. The van der Waals surface area contributed by atoms with E-state index < -0.39 is 0 Å². The summed E-state index contributed by atoms with van der Waals surface area (Å²) in [6.45, 7) is 1.29. The Hall–Kier alpha value is -2.34. The third-order valence-electron chi connectivity index (χ3n) is 3.00. The lowest BCUT2D eigenvalue weighted by atomic mass is 10.2. The van der Waals surface area contributed by atoms with E-state index in [9.17, 15) is 0 Å². The molecule has 3 rings (SSSR count). The first-order valence-electron chi connectivity index (χ1n) is 7.02. The van der Waals surface area contributed by atoms with Gasteiger partial charge in [-0.05, 0) is 28.1 Å². The van der Waals surface area contributed by atoms with Crippen LogP contribution in [0.5, 0.6) is 5.75 Å². The van der Waals surface area contributed by atoms with Crippen molar-refractivity contribution >= 4 is 11.8 Å².